The zero-order chi connectivity index (χ0) is 14.5. The van der Waals surface area contributed by atoms with E-state index in [1.807, 2.05) is 0 Å². The van der Waals surface area contributed by atoms with Crippen molar-refractivity contribution in [2.24, 2.45) is 0 Å². The average molecular weight is 337 g/mol. The molecule has 104 valence electrons. The number of benzene rings is 1. The van der Waals surface area contributed by atoms with Gasteiger partial charge in [-0.2, -0.15) is 0 Å². The Morgan fingerprint density at radius 3 is 2.70 bits per heavy atom. The number of methoxy groups -OCH3 is 2. The molecular weight excluding hydrogens is 324 g/mol. The highest BCUT2D eigenvalue weighted by molar-refractivity contribution is 9.10. The maximum atomic E-state index is 12.3. The van der Waals surface area contributed by atoms with Crippen LogP contribution in [0.4, 0.5) is 5.82 Å². The number of halogens is 1. The maximum absolute atomic E-state index is 12.3. The van der Waals surface area contributed by atoms with Crippen LogP contribution < -0.4 is 14.8 Å². The molecule has 0 saturated heterocycles. The first-order valence-corrected chi connectivity index (χ1v) is 6.59. The smallest absolute Gasteiger partial charge is 0.260 e. The number of pyridine rings is 1. The van der Waals surface area contributed by atoms with E-state index in [-0.39, 0.29) is 5.91 Å². The predicted molar refractivity (Wildman–Crippen MR) is 79.4 cm³/mol. The van der Waals surface area contributed by atoms with Crippen LogP contribution in [0.2, 0.25) is 0 Å². The van der Waals surface area contributed by atoms with E-state index in [1.165, 1.54) is 14.2 Å². The van der Waals surface area contributed by atoms with Crippen LogP contribution in [0.3, 0.4) is 0 Å². The van der Waals surface area contributed by atoms with Crippen molar-refractivity contribution in [1.29, 1.82) is 0 Å². The SMILES string of the molecule is COc1cccc(C(=O)Nc2cc(Br)ccn2)c1OC. The molecule has 1 heterocycles. The van der Waals surface area contributed by atoms with Crippen molar-refractivity contribution in [2.45, 2.75) is 0 Å². The Hall–Kier alpha value is -2.08. The van der Waals surface area contributed by atoms with E-state index in [9.17, 15) is 4.79 Å². The largest absolute Gasteiger partial charge is 0.493 e. The Morgan fingerprint density at radius 2 is 2.05 bits per heavy atom. The fourth-order valence-corrected chi connectivity index (χ4v) is 2.06. The summed E-state index contributed by atoms with van der Waals surface area (Å²) < 4.78 is 11.2. The number of rotatable bonds is 4. The lowest BCUT2D eigenvalue weighted by Gasteiger charge is -2.12. The number of ether oxygens (including phenoxy) is 2. The summed E-state index contributed by atoms with van der Waals surface area (Å²) in [5, 5.41) is 2.71. The Bertz CT molecular complexity index is 632. The van der Waals surface area contributed by atoms with Crippen LogP contribution in [-0.2, 0) is 0 Å². The first-order valence-electron chi connectivity index (χ1n) is 5.79. The molecule has 6 heteroatoms. The molecular formula is C14H13BrN2O3. The van der Waals surface area contributed by atoms with Gasteiger partial charge in [0.25, 0.3) is 5.91 Å². The van der Waals surface area contributed by atoms with Gasteiger partial charge in [-0.25, -0.2) is 4.98 Å². The highest BCUT2D eigenvalue weighted by atomic mass is 79.9. The van der Waals surface area contributed by atoms with E-state index in [0.29, 0.717) is 22.9 Å². The van der Waals surface area contributed by atoms with Crippen molar-refractivity contribution in [3.05, 3.63) is 46.6 Å². The lowest BCUT2D eigenvalue weighted by Crippen LogP contribution is -2.14. The normalized spacial score (nSPS) is 9.95. The Morgan fingerprint density at radius 1 is 1.25 bits per heavy atom. The van der Waals surface area contributed by atoms with E-state index in [1.54, 1.807) is 36.5 Å². The van der Waals surface area contributed by atoms with E-state index >= 15 is 0 Å². The summed E-state index contributed by atoms with van der Waals surface area (Å²) in [4.78, 5) is 16.3. The molecule has 0 aliphatic carbocycles. The number of anilines is 1. The van der Waals surface area contributed by atoms with Gasteiger partial charge in [0.05, 0.1) is 19.8 Å². The molecule has 2 rings (SSSR count). The van der Waals surface area contributed by atoms with Crippen molar-refractivity contribution in [2.75, 3.05) is 19.5 Å². The Balaban J connectivity index is 2.30. The third-order valence-electron chi connectivity index (χ3n) is 2.61. The summed E-state index contributed by atoms with van der Waals surface area (Å²) in [5.41, 5.74) is 0.383. The van der Waals surface area contributed by atoms with Crippen LogP contribution in [-0.4, -0.2) is 25.1 Å². The number of carbonyl (C=O) groups is 1. The molecule has 0 unspecified atom stereocenters. The molecule has 5 nitrogen and oxygen atoms in total. The lowest BCUT2D eigenvalue weighted by atomic mass is 10.1. The second-order valence-electron chi connectivity index (χ2n) is 3.85. The summed E-state index contributed by atoms with van der Waals surface area (Å²) in [6.07, 6.45) is 1.60. The van der Waals surface area contributed by atoms with E-state index in [4.69, 9.17) is 9.47 Å². The Kier molecular flexibility index (Phi) is 4.57. The second kappa shape index (κ2) is 6.38. The molecule has 0 bridgehead atoms. The predicted octanol–water partition coefficient (Wildman–Crippen LogP) is 3.11. The molecule has 1 aromatic carbocycles. The molecule has 0 saturated carbocycles. The van der Waals surface area contributed by atoms with E-state index in [2.05, 4.69) is 26.2 Å². The number of hydrogen-bond donors (Lipinski definition) is 1. The van der Waals surface area contributed by atoms with Gasteiger partial charge >= 0.3 is 0 Å². The van der Waals surface area contributed by atoms with E-state index < -0.39 is 0 Å². The van der Waals surface area contributed by atoms with Gasteiger partial charge in [0.1, 0.15) is 5.82 Å². The molecule has 0 spiro atoms. The van der Waals surface area contributed by atoms with Crippen LogP contribution in [0.1, 0.15) is 10.4 Å². The average Bonchev–Trinajstić information content (AvgIpc) is 2.46. The van der Waals surface area contributed by atoms with Crippen LogP contribution in [0.15, 0.2) is 41.0 Å². The van der Waals surface area contributed by atoms with Gasteiger partial charge in [-0.15, -0.1) is 0 Å². The molecule has 0 atom stereocenters. The van der Waals surface area contributed by atoms with Gasteiger partial charge in [-0.3, -0.25) is 4.79 Å². The first-order chi connectivity index (χ1) is 9.65. The van der Waals surface area contributed by atoms with E-state index in [0.717, 1.165) is 4.47 Å². The molecule has 0 fully saturated rings. The fraction of sp³-hybridized carbons (Fsp3) is 0.143. The minimum Gasteiger partial charge on any atom is -0.493 e. The fourth-order valence-electron chi connectivity index (χ4n) is 1.72. The quantitative estimate of drug-likeness (QED) is 0.931. The molecule has 1 N–H and O–H groups in total. The second-order valence-corrected chi connectivity index (χ2v) is 4.77. The number of amides is 1. The monoisotopic (exact) mass is 336 g/mol. The van der Waals surface area contributed by atoms with Crippen LogP contribution in [0.25, 0.3) is 0 Å². The topological polar surface area (TPSA) is 60.5 Å². The maximum Gasteiger partial charge on any atom is 0.260 e. The summed E-state index contributed by atoms with van der Waals surface area (Å²) in [5.74, 6) is 1.03. The number of aromatic nitrogens is 1. The third-order valence-corrected chi connectivity index (χ3v) is 3.10. The third kappa shape index (κ3) is 3.08. The number of para-hydroxylation sites is 1. The van der Waals surface area contributed by atoms with Crippen molar-refractivity contribution in [1.82, 2.24) is 4.98 Å². The van der Waals surface area contributed by atoms with Crippen molar-refractivity contribution >= 4 is 27.7 Å². The van der Waals surface area contributed by atoms with Gasteiger partial charge in [0.2, 0.25) is 0 Å². The minimum absolute atomic E-state index is 0.314. The molecule has 20 heavy (non-hydrogen) atoms. The number of hydrogen-bond acceptors (Lipinski definition) is 4. The molecule has 2 aromatic rings. The number of nitrogens with one attached hydrogen (secondary N) is 1. The summed E-state index contributed by atoms with van der Waals surface area (Å²) in [6.45, 7) is 0. The van der Waals surface area contributed by atoms with Crippen LogP contribution in [0, 0.1) is 0 Å². The molecule has 1 amide bonds. The Labute approximate surface area is 125 Å². The van der Waals surface area contributed by atoms with Gasteiger partial charge in [0, 0.05) is 10.7 Å². The van der Waals surface area contributed by atoms with Gasteiger partial charge in [-0.1, -0.05) is 22.0 Å². The number of nitrogens with zero attached hydrogens (tertiary/aromatic N) is 1. The van der Waals surface area contributed by atoms with Crippen molar-refractivity contribution in [3.63, 3.8) is 0 Å². The molecule has 1 aromatic heterocycles. The summed E-state index contributed by atoms with van der Waals surface area (Å²) >= 11 is 3.32. The number of carbonyl (C=O) groups excluding carboxylic acids is 1. The first kappa shape index (κ1) is 14.3. The highest BCUT2D eigenvalue weighted by Gasteiger charge is 2.16. The zero-order valence-electron chi connectivity index (χ0n) is 11.0. The minimum atomic E-state index is -0.314. The van der Waals surface area contributed by atoms with Crippen molar-refractivity contribution in [3.8, 4) is 11.5 Å². The molecule has 0 radical (unpaired) electrons. The standard InChI is InChI=1S/C14H13BrN2O3/c1-19-11-5-3-4-10(13(11)20-2)14(18)17-12-8-9(15)6-7-16-12/h3-8H,1-2H3,(H,16,17,18). The van der Waals surface area contributed by atoms with Gasteiger partial charge in [0.15, 0.2) is 11.5 Å². The van der Waals surface area contributed by atoms with Gasteiger partial charge in [-0.05, 0) is 24.3 Å². The summed E-state index contributed by atoms with van der Waals surface area (Å²) in [7, 11) is 3.02. The lowest BCUT2D eigenvalue weighted by molar-refractivity contribution is 0.102. The molecule has 0 aliphatic rings. The van der Waals surface area contributed by atoms with Crippen molar-refractivity contribution < 1.29 is 14.3 Å². The zero-order valence-corrected chi connectivity index (χ0v) is 12.6. The van der Waals surface area contributed by atoms with Crippen LogP contribution in [0.5, 0.6) is 11.5 Å². The van der Waals surface area contributed by atoms with Crippen LogP contribution >= 0.6 is 15.9 Å². The highest BCUT2D eigenvalue weighted by Crippen LogP contribution is 2.31. The molecule has 0 aliphatic heterocycles. The summed E-state index contributed by atoms with van der Waals surface area (Å²) in [6, 6.07) is 8.61. The van der Waals surface area contributed by atoms with Gasteiger partial charge < -0.3 is 14.8 Å².